The molecule has 0 saturated heterocycles. The molecule has 0 aliphatic carbocycles. The van der Waals surface area contributed by atoms with Gasteiger partial charge in [-0.05, 0) is 30.8 Å². The third-order valence-electron chi connectivity index (χ3n) is 3.13. The van der Waals surface area contributed by atoms with Crippen molar-refractivity contribution in [1.82, 2.24) is 5.32 Å². The molecule has 0 bridgehead atoms. The minimum absolute atomic E-state index is 0.133. The fourth-order valence-corrected chi connectivity index (χ4v) is 2.22. The molecule has 1 atom stereocenters. The van der Waals surface area contributed by atoms with E-state index in [0.717, 1.165) is 17.9 Å². The molecular formula is C15H19NO2. The standard InChI is InChI=1S/C15H19NO2/c1-4-14-13(8-9-18-14)15(16-2)11-6-5-7-12(10-11)17-3/h5-10,15-16H,4H2,1-3H3. The number of methoxy groups -OCH3 is 1. The number of nitrogens with one attached hydrogen (secondary N) is 1. The molecule has 1 aromatic carbocycles. The zero-order chi connectivity index (χ0) is 13.0. The first-order valence-electron chi connectivity index (χ1n) is 6.17. The van der Waals surface area contributed by atoms with Crippen molar-refractivity contribution in [3.05, 3.63) is 53.5 Å². The minimum atomic E-state index is 0.133. The number of hydrogen-bond acceptors (Lipinski definition) is 3. The second kappa shape index (κ2) is 5.74. The quantitative estimate of drug-likeness (QED) is 0.878. The van der Waals surface area contributed by atoms with Crippen molar-refractivity contribution in [3.8, 4) is 5.75 Å². The molecule has 3 nitrogen and oxygen atoms in total. The highest BCUT2D eigenvalue weighted by Crippen LogP contribution is 2.28. The monoisotopic (exact) mass is 245 g/mol. The fraction of sp³-hybridized carbons (Fsp3) is 0.333. The molecule has 1 heterocycles. The second-order valence-electron chi connectivity index (χ2n) is 4.15. The molecule has 0 saturated carbocycles. The Bertz CT molecular complexity index is 505. The highest BCUT2D eigenvalue weighted by atomic mass is 16.5. The van der Waals surface area contributed by atoms with Gasteiger partial charge in [0.2, 0.25) is 0 Å². The molecule has 0 aliphatic rings. The zero-order valence-corrected chi connectivity index (χ0v) is 11.1. The van der Waals surface area contributed by atoms with Crippen molar-refractivity contribution >= 4 is 0 Å². The van der Waals surface area contributed by atoms with E-state index in [4.69, 9.17) is 9.15 Å². The molecule has 0 fully saturated rings. The van der Waals surface area contributed by atoms with Gasteiger partial charge in [0, 0.05) is 12.0 Å². The summed E-state index contributed by atoms with van der Waals surface area (Å²) in [5.41, 5.74) is 2.36. The van der Waals surface area contributed by atoms with E-state index in [-0.39, 0.29) is 6.04 Å². The lowest BCUT2D eigenvalue weighted by molar-refractivity contribution is 0.413. The molecule has 2 rings (SSSR count). The maximum Gasteiger partial charge on any atom is 0.119 e. The van der Waals surface area contributed by atoms with E-state index in [9.17, 15) is 0 Å². The summed E-state index contributed by atoms with van der Waals surface area (Å²) in [6.45, 7) is 2.10. The van der Waals surface area contributed by atoms with Crippen molar-refractivity contribution in [3.63, 3.8) is 0 Å². The third-order valence-corrected chi connectivity index (χ3v) is 3.13. The Morgan fingerprint density at radius 2 is 2.17 bits per heavy atom. The summed E-state index contributed by atoms with van der Waals surface area (Å²) in [6.07, 6.45) is 2.64. The van der Waals surface area contributed by atoms with E-state index in [1.165, 1.54) is 11.1 Å². The van der Waals surface area contributed by atoms with Crippen molar-refractivity contribution in [2.75, 3.05) is 14.2 Å². The summed E-state index contributed by atoms with van der Waals surface area (Å²) in [4.78, 5) is 0. The predicted molar refractivity (Wildman–Crippen MR) is 72.0 cm³/mol. The number of hydrogen-bond donors (Lipinski definition) is 1. The van der Waals surface area contributed by atoms with Crippen molar-refractivity contribution in [1.29, 1.82) is 0 Å². The van der Waals surface area contributed by atoms with Gasteiger partial charge in [0.15, 0.2) is 0 Å². The Hall–Kier alpha value is -1.74. The number of furan rings is 1. The normalized spacial score (nSPS) is 12.4. The smallest absolute Gasteiger partial charge is 0.119 e. The summed E-state index contributed by atoms with van der Waals surface area (Å²) in [5, 5.41) is 3.33. The van der Waals surface area contributed by atoms with E-state index >= 15 is 0 Å². The van der Waals surface area contributed by atoms with Crippen LogP contribution in [0.1, 0.15) is 29.9 Å². The van der Waals surface area contributed by atoms with Gasteiger partial charge in [-0.2, -0.15) is 0 Å². The molecule has 1 aromatic heterocycles. The Morgan fingerprint density at radius 3 is 2.83 bits per heavy atom. The van der Waals surface area contributed by atoms with E-state index in [0.29, 0.717) is 0 Å². The highest BCUT2D eigenvalue weighted by Gasteiger charge is 2.17. The van der Waals surface area contributed by atoms with Crippen LogP contribution in [0.2, 0.25) is 0 Å². The van der Waals surface area contributed by atoms with Crippen LogP contribution in [0.15, 0.2) is 41.0 Å². The van der Waals surface area contributed by atoms with Crippen LogP contribution < -0.4 is 10.1 Å². The van der Waals surface area contributed by atoms with E-state index in [1.54, 1.807) is 13.4 Å². The first kappa shape index (κ1) is 12.7. The zero-order valence-electron chi connectivity index (χ0n) is 11.1. The molecule has 3 heteroatoms. The van der Waals surface area contributed by atoms with Gasteiger partial charge in [0.05, 0.1) is 19.4 Å². The van der Waals surface area contributed by atoms with Crippen LogP contribution in [0.5, 0.6) is 5.75 Å². The number of benzene rings is 1. The SMILES string of the molecule is CCc1occc1C(NC)c1cccc(OC)c1. The molecule has 1 N–H and O–H groups in total. The van der Waals surface area contributed by atoms with Crippen LogP contribution in [-0.4, -0.2) is 14.2 Å². The largest absolute Gasteiger partial charge is 0.497 e. The summed E-state index contributed by atoms with van der Waals surface area (Å²) >= 11 is 0. The predicted octanol–water partition coefficient (Wildman–Crippen LogP) is 3.16. The van der Waals surface area contributed by atoms with Crippen LogP contribution in [0.4, 0.5) is 0 Å². The minimum Gasteiger partial charge on any atom is -0.497 e. The van der Waals surface area contributed by atoms with Gasteiger partial charge >= 0.3 is 0 Å². The molecule has 0 spiro atoms. The average Bonchev–Trinajstić information content (AvgIpc) is 2.88. The van der Waals surface area contributed by atoms with Crippen LogP contribution in [0, 0.1) is 0 Å². The summed E-state index contributed by atoms with van der Waals surface area (Å²) < 4.78 is 10.8. The Balaban J connectivity index is 2.38. The fourth-order valence-electron chi connectivity index (χ4n) is 2.22. The van der Waals surface area contributed by atoms with Gasteiger partial charge in [0.1, 0.15) is 11.5 Å². The molecular weight excluding hydrogens is 226 g/mol. The Kier molecular flexibility index (Phi) is 4.05. The topological polar surface area (TPSA) is 34.4 Å². The van der Waals surface area contributed by atoms with Crippen molar-refractivity contribution in [2.24, 2.45) is 0 Å². The van der Waals surface area contributed by atoms with Gasteiger partial charge in [-0.3, -0.25) is 0 Å². The molecule has 1 unspecified atom stereocenters. The summed E-state index contributed by atoms with van der Waals surface area (Å²) in [7, 11) is 3.64. The summed E-state index contributed by atoms with van der Waals surface area (Å²) in [6, 6.07) is 10.3. The number of ether oxygens (including phenoxy) is 1. The second-order valence-corrected chi connectivity index (χ2v) is 4.15. The molecule has 2 aromatic rings. The summed E-state index contributed by atoms with van der Waals surface area (Å²) in [5.74, 6) is 1.89. The first-order chi connectivity index (χ1) is 8.80. The van der Waals surface area contributed by atoms with Gasteiger partial charge < -0.3 is 14.5 Å². The Labute approximate surface area is 108 Å². The van der Waals surface area contributed by atoms with E-state index in [1.807, 2.05) is 31.3 Å². The molecule has 96 valence electrons. The van der Waals surface area contributed by atoms with Gasteiger partial charge in [-0.25, -0.2) is 0 Å². The van der Waals surface area contributed by atoms with Gasteiger partial charge in [0.25, 0.3) is 0 Å². The first-order valence-corrected chi connectivity index (χ1v) is 6.17. The lowest BCUT2D eigenvalue weighted by Crippen LogP contribution is -2.18. The van der Waals surface area contributed by atoms with Crippen molar-refractivity contribution < 1.29 is 9.15 Å². The number of rotatable bonds is 5. The molecule has 0 aliphatic heterocycles. The van der Waals surface area contributed by atoms with Gasteiger partial charge in [-0.15, -0.1) is 0 Å². The lowest BCUT2D eigenvalue weighted by Gasteiger charge is -2.17. The average molecular weight is 245 g/mol. The van der Waals surface area contributed by atoms with E-state index in [2.05, 4.69) is 18.3 Å². The number of aryl methyl sites for hydroxylation is 1. The maximum atomic E-state index is 5.50. The van der Waals surface area contributed by atoms with Crippen molar-refractivity contribution in [2.45, 2.75) is 19.4 Å². The van der Waals surface area contributed by atoms with Crippen LogP contribution in [0.3, 0.4) is 0 Å². The molecule has 18 heavy (non-hydrogen) atoms. The van der Waals surface area contributed by atoms with E-state index < -0.39 is 0 Å². The Morgan fingerprint density at radius 1 is 1.33 bits per heavy atom. The van der Waals surface area contributed by atoms with Crippen LogP contribution in [-0.2, 0) is 6.42 Å². The lowest BCUT2D eigenvalue weighted by atomic mass is 9.98. The third kappa shape index (κ3) is 2.41. The highest BCUT2D eigenvalue weighted by molar-refractivity contribution is 5.37. The van der Waals surface area contributed by atoms with Crippen LogP contribution >= 0.6 is 0 Å². The van der Waals surface area contributed by atoms with Crippen LogP contribution in [0.25, 0.3) is 0 Å². The maximum absolute atomic E-state index is 5.50. The molecule has 0 radical (unpaired) electrons. The van der Waals surface area contributed by atoms with Gasteiger partial charge in [-0.1, -0.05) is 19.1 Å². The molecule has 0 amide bonds.